The van der Waals surface area contributed by atoms with Crippen LogP contribution in [0.4, 0.5) is 4.39 Å². The Hall–Kier alpha value is -2.45. The summed E-state index contributed by atoms with van der Waals surface area (Å²) in [4.78, 5) is 21.2. The number of halogens is 1. The molecule has 5 nitrogen and oxygen atoms in total. The van der Waals surface area contributed by atoms with E-state index in [-0.39, 0.29) is 11.4 Å². The van der Waals surface area contributed by atoms with Gasteiger partial charge in [0.05, 0.1) is 11.2 Å². The van der Waals surface area contributed by atoms with Gasteiger partial charge in [-0.15, -0.1) is 11.3 Å². The van der Waals surface area contributed by atoms with Gasteiger partial charge in [0.15, 0.2) is 5.16 Å². The van der Waals surface area contributed by atoms with Crippen LogP contribution in [-0.4, -0.2) is 14.5 Å². The van der Waals surface area contributed by atoms with E-state index in [0.29, 0.717) is 32.6 Å². The summed E-state index contributed by atoms with van der Waals surface area (Å²) < 4.78 is 20.6. The third-order valence-corrected chi connectivity index (χ3v) is 5.59. The Morgan fingerprint density at radius 3 is 2.84 bits per heavy atom. The summed E-state index contributed by atoms with van der Waals surface area (Å²) in [6.45, 7) is 0. The molecule has 0 unspecified atom stereocenters. The van der Waals surface area contributed by atoms with Crippen LogP contribution in [0.15, 0.2) is 56.3 Å². The molecule has 3 aromatic heterocycles. The highest BCUT2D eigenvalue weighted by molar-refractivity contribution is 7.98. The average molecular weight is 373 g/mol. The van der Waals surface area contributed by atoms with Gasteiger partial charge in [0, 0.05) is 18.4 Å². The van der Waals surface area contributed by atoms with Crippen molar-refractivity contribution in [2.24, 2.45) is 7.05 Å². The van der Waals surface area contributed by atoms with E-state index in [1.54, 1.807) is 30.0 Å². The zero-order valence-corrected chi connectivity index (χ0v) is 14.7. The molecular formula is C17H12FN3O2S2. The minimum absolute atomic E-state index is 0.0466. The molecule has 0 saturated heterocycles. The molecule has 0 atom stereocenters. The standard InChI is InChI=1S/C17H12FN3O2S2/c1-21-16(22)14-13(6-7-24-14)20-17(21)25-9-12-8-23-15(19-12)10-2-4-11(18)5-3-10/h2-8H,9H2,1H3. The molecule has 4 aromatic rings. The van der Waals surface area contributed by atoms with Crippen LogP contribution in [0.25, 0.3) is 21.7 Å². The second-order valence-electron chi connectivity index (χ2n) is 5.33. The summed E-state index contributed by atoms with van der Waals surface area (Å²) in [6, 6.07) is 7.81. The maximum atomic E-state index is 13.0. The van der Waals surface area contributed by atoms with Crippen LogP contribution >= 0.6 is 23.1 Å². The minimum atomic E-state index is -0.304. The van der Waals surface area contributed by atoms with Gasteiger partial charge in [-0.2, -0.15) is 0 Å². The molecule has 0 spiro atoms. The fourth-order valence-electron chi connectivity index (χ4n) is 2.33. The van der Waals surface area contributed by atoms with Crippen molar-refractivity contribution in [1.29, 1.82) is 0 Å². The Morgan fingerprint density at radius 1 is 1.24 bits per heavy atom. The van der Waals surface area contributed by atoms with E-state index in [1.807, 2.05) is 11.4 Å². The Balaban J connectivity index is 1.55. The number of hydrogen-bond donors (Lipinski definition) is 0. The monoisotopic (exact) mass is 373 g/mol. The average Bonchev–Trinajstić information content (AvgIpc) is 3.27. The predicted octanol–water partition coefficient (Wildman–Crippen LogP) is 4.08. The highest BCUT2D eigenvalue weighted by Gasteiger charge is 2.12. The van der Waals surface area contributed by atoms with Crippen molar-refractivity contribution in [2.45, 2.75) is 10.9 Å². The molecule has 0 bridgehead atoms. The highest BCUT2D eigenvalue weighted by atomic mass is 32.2. The topological polar surface area (TPSA) is 60.9 Å². The maximum Gasteiger partial charge on any atom is 0.271 e. The molecule has 0 aliphatic carbocycles. The molecule has 0 radical (unpaired) electrons. The van der Waals surface area contributed by atoms with Gasteiger partial charge in [0.1, 0.15) is 16.8 Å². The normalized spacial score (nSPS) is 11.3. The molecule has 4 rings (SSSR count). The Kier molecular flexibility index (Phi) is 4.14. The molecule has 0 aliphatic rings. The second-order valence-corrected chi connectivity index (χ2v) is 7.19. The van der Waals surface area contributed by atoms with E-state index in [4.69, 9.17) is 4.42 Å². The van der Waals surface area contributed by atoms with Gasteiger partial charge in [0.25, 0.3) is 5.56 Å². The first-order valence-corrected chi connectivity index (χ1v) is 9.26. The van der Waals surface area contributed by atoms with Crippen LogP contribution < -0.4 is 5.56 Å². The third-order valence-electron chi connectivity index (χ3n) is 3.64. The van der Waals surface area contributed by atoms with Gasteiger partial charge in [-0.3, -0.25) is 9.36 Å². The van der Waals surface area contributed by atoms with E-state index in [0.717, 1.165) is 5.69 Å². The molecule has 0 saturated carbocycles. The van der Waals surface area contributed by atoms with Crippen molar-refractivity contribution in [1.82, 2.24) is 14.5 Å². The Labute approximate surface area is 150 Å². The maximum absolute atomic E-state index is 13.0. The first-order valence-electron chi connectivity index (χ1n) is 7.39. The Morgan fingerprint density at radius 2 is 2.04 bits per heavy atom. The van der Waals surface area contributed by atoms with E-state index >= 15 is 0 Å². The highest BCUT2D eigenvalue weighted by Crippen LogP contribution is 2.25. The number of aromatic nitrogens is 3. The van der Waals surface area contributed by atoms with Gasteiger partial charge >= 0.3 is 0 Å². The molecule has 1 aromatic carbocycles. The van der Waals surface area contributed by atoms with E-state index in [2.05, 4.69) is 9.97 Å². The zero-order chi connectivity index (χ0) is 17.4. The number of fused-ring (bicyclic) bond motifs is 1. The molecule has 3 heterocycles. The molecule has 0 amide bonds. The van der Waals surface area contributed by atoms with Gasteiger partial charge in [-0.1, -0.05) is 11.8 Å². The first-order chi connectivity index (χ1) is 12.1. The summed E-state index contributed by atoms with van der Waals surface area (Å²) in [6.07, 6.45) is 1.56. The van der Waals surface area contributed by atoms with Crippen LogP contribution in [0, 0.1) is 5.82 Å². The van der Waals surface area contributed by atoms with Crippen molar-refractivity contribution in [2.75, 3.05) is 0 Å². The molecule has 0 aliphatic heterocycles. The number of hydrogen-bond acceptors (Lipinski definition) is 6. The summed E-state index contributed by atoms with van der Waals surface area (Å²) in [7, 11) is 1.71. The van der Waals surface area contributed by atoms with Crippen LogP contribution in [0.5, 0.6) is 0 Å². The lowest BCUT2D eigenvalue weighted by molar-refractivity contribution is 0.572. The Bertz CT molecular complexity index is 1100. The van der Waals surface area contributed by atoms with Crippen molar-refractivity contribution in [3.63, 3.8) is 0 Å². The van der Waals surface area contributed by atoms with Crippen LogP contribution in [0.1, 0.15) is 5.69 Å². The quantitative estimate of drug-likeness (QED) is 0.398. The van der Waals surface area contributed by atoms with Crippen molar-refractivity contribution in [3.8, 4) is 11.5 Å². The molecule has 25 heavy (non-hydrogen) atoms. The summed E-state index contributed by atoms with van der Waals surface area (Å²) >= 11 is 2.81. The van der Waals surface area contributed by atoms with E-state index in [1.165, 1.54) is 35.2 Å². The van der Waals surface area contributed by atoms with Gasteiger partial charge in [-0.25, -0.2) is 14.4 Å². The molecule has 0 fully saturated rings. The summed E-state index contributed by atoms with van der Waals surface area (Å²) in [5.41, 5.74) is 2.10. The third kappa shape index (κ3) is 3.10. The van der Waals surface area contributed by atoms with Gasteiger partial charge < -0.3 is 4.42 Å². The number of oxazole rings is 1. The molecule has 126 valence electrons. The summed E-state index contributed by atoms with van der Waals surface area (Å²) in [5.74, 6) is 0.647. The fraction of sp³-hybridized carbons (Fsp3) is 0.118. The number of benzene rings is 1. The van der Waals surface area contributed by atoms with Crippen molar-refractivity contribution < 1.29 is 8.81 Å². The molecule has 8 heteroatoms. The molecule has 0 N–H and O–H groups in total. The fourth-order valence-corrected chi connectivity index (χ4v) is 3.99. The number of thioether (sulfide) groups is 1. The largest absolute Gasteiger partial charge is 0.444 e. The smallest absolute Gasteiger partial charge is 0.271 e. The lowest BCUT2D eigenvalue weighted by atomic mass is 10.2. The zero-order valence-electron chi connectivity index (χ0n) is 13.1. The first kappa shape index (κ1) is 16.0. The lowest BCUT2D eigenvalue weighted by Gasteiger charge is -2.05. The lowest BCUT2D eigenvalue weighted by Crippen LogP contribution is -2.18. The van der Waals surface area contributed by atoms with Crippen LogP contribution in [-0.2, 0) is 12.8 Å². The second kappa shape index (κ2) is 6.45. The van der Waals surface area contributed by atoms with Crippen molar-refractivity contribution in [3.05, 3.63) is 63.8 Å². The number of nitrogens with zero attached hydrogens (tertiary/aromatic N) is 3. The van der Waals surface area contributed by atoms with E-state index < -0.39 is 0 Å². The van der Waals surface area contributed by atoms with Crippen molar-refractivity contribution >= 4 is 33.3 Å². The van der Waals surface area contributed by atoms with E-state index in [9.17, 15) is 9.18 Å². The minimum Gasteiger partial charge on any atom is -0.444 e. The van der Waals surface area contributed by atoms with Gasteiger partial charge in [-0.05, 0) is 35.7 Å². The predicted molar refractivity (Wildman–Crippen MR) is 96.3 cm³/mol. The van der Waals surface area contributed by atoms with Gasteiger partial charge in [0.2, 0.25) is 5.89 Å². The number of rotatable bonds is 4. The van der Waals surface area contributed by atoms with Crippen LogP contribution in [0.2, 0.25) is 0 Å². The molecular weight excluding hydrogens is 361 g/mol. The summed E-state index contributed by atoms with van der Waals surface area (Å²) in [5, 5.41) is 2.49. The van der Waals surface area contributed by atoms with Crippen LogP contribution in [0.3, 0.4) is 0 Å². The SMILES string of the molecule is Cn1c(SCc2coc(-c3ccc(F)cc3)n2)nc2ccsc2c1=O. The number of thiophene rings is 1.